The van der Waals surface area contributed by atoms with Crippen LogP contribution in [0, 0.1) is 0 Å². The van der Waals surface area contributed by atoms with E-state index in [1.165, 1.54) is 21.3 Å². The summed E-state index contributed by atoms with van der Waals surface area (Å²) in [5.41, 5.74) is -0.205. The molecule has 106 valence electrons. The molecule has 0 aromatic carbocycles. The van der Waals surface area contributed by atoms with Crippen molar-refractivity contribution in [1.82, 2.24) is 0 Å². The fraction of sp³-hybridized carbons (Fsp3) is 1.00. The lowest BCUT2D eigenvalue weighted by molar-refractivity contribution is 0.0968. The van der Waals surface area contributed by atoms with E-state index in [1.54, 1.807) is 0 Å². The van der Waals surface area contributed by atoms with Gasteiger partial charge in [-0.1, -0.05) is 6.42 Å². The summed E-state index contributed by atoms with van der Waals surface area (Å²) in [6.07, 6.45) is 3.49. The molecule has 2 fully saturated rings. The molecule has 1 aliphatic heterocycles. The minimum Gasteiger partial charge on any atom is -0.312 e. The molecule has 6 nitrogen and oxygen atoms in total. The van der Waals surface area contributed by atoms with Gasteiger partial charge in [-0.15, -0.1) is 0 Å². The van der Waals surface area contributed by atoms with E-state index in [-0.39, 0.29) is 5.66 Å². The van der Waals surface area contributed by atoms with Gasteiger partial charge in [0.15, 0.2) is 5.34 Å². The molecular formula is C10H20O6P2. The quantitative estimate of drug-likeness (QED) is 0.741. The first kappa shape index (κ1) is 14.7. The zero-order chi connectivity index (χ0) is 13.4. The fourth-order valence-electron chi connectivity index (χ4n) is 2.91. The van der Waals surface area contributed by atoms with Crippen LogP contribution in [-0.2, 0) is 27.2 Å². The molecule has 0 radical (unpaired) electrons. The molecule has 8 heteroatoms. The van der Waals surface area contributed by atoms with Gasteiger partial charge in [-0.2, -0.15) is 0 Å². The van der Waals surface area contributed by atoms with Crippen LogP contribution in [-0.4, -0.2) is 32.3 Å². The molecule has 2 rings (SSSR count). The van der Waals surface area contributed by atoms with Crippen molar-refractivity contribution in [3.05, 3.63) is 0 Å². The van der Waals surface area contributed by atoms with E-state index in [2.05, 4.69) is 0 Å². The average molecular weight is 298 g/mol. The number of rotatable bonds is 4. The molecule has 1 saturated heterocycles. The molecule has 18 heavy (non-hydrogen) atoms. The second-order valence-electron chi connectivity index (χ2n) is 4.73. The zero-order valence-corrected chi connectivity index (χ0v) is 12.7. The molecule has 3 atom stereocenters. The summed E-state index contributed by atoms with van der Waals surface area (Å²) >= 11 is 0. The first-order valence-electron chi connectivity index (χ1n) is 6.03. The van der Waals surface area contributed by atoms with Gasteiger partial charge in [-0.25, -0.2) is 0 Å². The maximum absolute atomic E-state index is 12.7. The van der Waals surface area contributed by atoms with Crippen molar-refractivity contribution in [1.29, 1.82) is 0 Å². The number of hydrogen-bond donors (Lipinski definition) is 0. The van der Waals surface area contributed by atoms with Crippen LogP contribution in [0.15, 0.2) is 0 Å². The van der Waals surface area contributed by atoms with Crippen LogP contribution in [0.25, 0.3) is 0 Å². The Labute approximate surface area is 107 Å². The van der Waals surface area contributed by atoms with Gasteiger partial charge < -0.3 is 13.6 Å². The summed E-state index contributed by atoms with van der Waals surface area (Å²) in [6.45, 7) is 0. The Hall–Kier alpha value is 0.300. The second kappa shape index (κ2) is 5.01. The lowest BCUT2D eigenvalue weighted by atomic mass is 10.1. The highest BCUT2D eigenvalue weighted by Crippen LogP contribution is 2.77. The van der Waals surface area contributed by atoms with E-state index in [4.69, 9.17) is 18.1 Å². The Kier molecular flexibility index (Phi) is 4.09. The van der Waals surface area contributed by atoms with Crippen molar-refractivity contribution in [2.45, 2.75) is 43.1 Å². The van der Waals surface area contributed by atoms with Crippen LogP contribution in [0.2, 0.25) is 0 Å². The lowest BCUT2D eigenvalue weighted by Crippen LogP contribution is -2.28. The van der Waals surface area contributed by atoms with Gasteiger partial charge in [0.1, 0.15) is 0 Å². The first-order valence-corrected chi connectivity index (χ1v) is 9.18. The Balaban J connectivity index is 2.43. The molecule has 0 amide bonds. The summed E-state index contributed by atoms with van der Waals surface area (Å²) in [5.74, 6) is 0. The predicted octanol–water partition coefficient (Wildman–Crippen LogP) is 3.37. The van der Waals surface area contributed by atoms with E-state index < -0.39 is 20.5 Å². The monoisotopic (exact) mass is 298 g/mol. The van der Waals surface area contributed by atoms with Crippen LogP contribution in [0.4, 0.5) is 0 Å². The Morgan fingerprint density at radius 2 is 1.94 bits per heavy atom. The highest BCUT2D eigenvalue weighted by Gasteiger charge is 2.64. The highest BCUT2D eigenvalue weighted by atomic mass is 31.2. The van der Waals surface area contributed by atoms with Crippen molar-refractivity contribution in [3.8, 4) is 0 Å². The topological polar surface area (TPSA) is 71.1 Å². The molecule has 2 aliphatic rings. The zero-order valence-electron chi connectivity index (χ0n) is 11.0. The largest absolute Gasteiger partial charge is 0.362 e. The van der Waals surface area contributed by atoms with E-state index in [0.29, 0.717) is 12.8 Å². The molecule has 0 spiro atoms. The fourth-order valence-corrected chi connectivity index (χ4v) is 7.66. The third kappa shape index (κ3) is 2.04. The highest BCUT2D eigenvalue weighted by molar-refractivity contribution is 7.59. The van der Waals surface area contributed by atoms with Crippen LogP contribution in [0.1, 0.15) is 32.1 Å². The summed E-state index contributed by atoms with van der Waals surface area (Å²) in [4.78, 5) is 0. The lowest BCUT2D eigenvalue weighted by Gasteiger charge is -2.33. The van der Waals surface area contributed by atoms with Crippen LogP contribution < -0.4 is 0 Å². The maximum Gasteiger partial charge on any atom is 0.362 e. The van der Waals surface area contributed by atoms with E-state index in [9.17, 15) is 9.13 Å². The van der Waals surface area contributed by atoms with Gasteiger partial charge in [-0.05, 0) is 19.3 Å². The molecule has 1 heterocycles. The van der Waals surface area contributed by atoms with E-state index in [0.717, 1.165) is 19.3 Å². The first-order chi connectivity index (χ1) is 8.45. The SMILES string of the molecule is COP(=O)(OC)[C@@]12CCCC[C@@H](C1)[P@@](=O)(OC)O2. The molecule has 0 N–H and O–H groups in total. The van der Waals surface area contributed by atoms with Crippen molar-refractivity contribution in [3.63, 3.8) is 0 Å². The van der Waals surface area contributed by atoms with Crippen molar-refractivity contribution >= 4 is 15.2 Å². The molecule has 0 aromatic heterocycles. The van der Waals surface area contributed by atoms with Crippen LogP contribution in [0.5, 0.6) is 0 Å². The van der Waals surface area contributed by atoms with Crippen molar-refractivity contribution < 1.29 is 27.2 Å². The van der Waals surface area contributed by atoms with Gasteiger partial charge in [-0.3, -0.25) is 13.7 Å². The maximum atomic E-state index is 12.7. The standard InChI is InChI=1S/C10H20O6P2/c1-13-17(11)9-6-4-5-7-10(8-9,16-17)18(12,14-2)15-3/h9H,4-8H2,1-3H3/t9-,10-,17+/m0/s1. The van der Waals surface area contributed by atoms with Crippen molar-refractivity contribution in [2.24, 2.45) is 0 Å². The third-order valence-corrected chi connectivity index (χ3v) is 8.94. The molecule has 0 aromatic rings. The molecule has 1 saturated carbocycles. The third-order valence-electron chi connectivity index (χ3n) is 3.89. The predicted molar refractivity (Wildman–Crippen MR) is 66.9 cm³/mol. The van der Waals surface area contributed by atoms with Gasteiger partial charge in [0.25, 0.3) is 0 Å². The number of fused-ring (bicyclic) bond motifs is 2. The summed E-state index contributed by atoms with van der Waals surface area (Å²) in [6, 6.07) is 0. The molecular weight excluding hydrogens is 278 g/mol. The number of hydrogen-bond acceptors (Lipinski definition) is 6. The Morgan fingerprint density at radius 1 is 1.28 bits per heavy atom. The smallest absolute Gasteiger partial charge is 0.312 e. The second-order valence-corrected chi connectivity index (χ2v) is 9.62. The van der Waals surface area contributed by atoms with Crippen molar-refractivity contribution in [2.75, 3.05) is 21.3 Å². The van der Waals surface area contributed by atoms with Crippen LogP contribution in [0.3, 0.4) is 0 Å². The Morgan fingerprint density at radius 3 is 2.50 bits per heavy atom. The minimum atomic E-state index is -3.44. The minimum absolute atomic E-state index is 0.205. The molecule has 0 unspecified atom stereocenters. The van der Waals surface area contributed by atoms with Crippen LogP contribution >= 0.6 is 15.2 Å². The average Bonchev–Trinajstić information content (AvgIpc) is 2.54. The molecule has 1 aliphatic carbocycles. The van der Waals surface area contributed by atoms with E-state index >= 15 is 0 Å². The summed E-state index contributed by atoms with van der Waals surface area (Å²) in [5, 5.41) is -1.11. The van der Waals surface area contributed by atoms with Gasteiger partial charge in [0.2, 0.25) is 0 Å². The van der Waals surface area contributed by atoms with E-state index in [1.807, 2.05) is 0 Å². The normalized spacial score (nSPS) is 40.7. The summed E-state index contributed by atoms with van der Waals surface area (Å²) < 4.78 is 46.1. The molecule has 2 bridgehead atoms. The Bertz CT molecular complexity index is 403. The van der Waals surface area contributed by atoms with Gasteiger partial charge in [0, 0.05) is 27.8 Å². The summed E-state index contributed by atoms with van der Waals surface area (Å²) in [7, 11) is -2.61. The van der Waals surface area contributed by atoms with Gasteiger partial charge >= 0.3 is 15.2 Å². The van der Waals surface area contributed by atoms with Gasteiger partial charge in [0.05, 0.1) is 5.66 Å².